The smallest absolute Gasteiger partial charge is 0.0388 e. The van der Waals surface area contributed by atoms with Crippen LogP contribution in [0.4, 0.5) is 0 Å². The van der Waals surface area contributed by atoms with Crippen molar-refractivity contribution in [3.8, 4) is 0 Å². The van der Waals surface area contributed by atoms with Gasteiger partial charge in [-0.05, 0) is 10.1 Å². The third-order valence-corrected chi connectivity index (χ3v) is 0. The molecular weight excluding hydrogens is 250 g/mol. The third-order valence-electron chi connectivity index (χ3n) is 0. The van der Waals surface area contributed by atoms with Crippen LogP contribution in [0.2, 0.25) is 0 Å². The van der Waals surface area contributed by atoms with E-state index >= 15 is 0 Å². The van der Waals surface area contributed by atoms with Crippen LogP contribution in [0.3, 0.4) is 0 Å². The van der Waals surface area contributed by atoms with Gasteiger partial charge in [0.2, 0.25) is 0 Å². The first-order chi connectivity index (χ1) is 1.00. The van der Waals surface area contributed by atoms with Crippen molar-refractivity contribution in [3.05, 3.63) is 0 Å². The van der Waals surface area contributed by atoms with Crippen molar-refractivity contribution < 1.29 is 60.3 Å². The predicted octanol–water partition coefficient (Wildman–Crippen LogP) is -1.57. The minimum Gasteiger partial charge on any atom is -0.0388 e. The second-order valence-corrected chi connectivity index (χ2v) is 0. The molecule has 0 saturated heterocycles. The van der Waals surface area contributed by atoms with Crippen LogP contribution in [-0.2, 0) is 60.3 Å². The van der Waals surface area contributed by atoms with Crippen molar-refractivity contribution in [1.82, 2.24) is 0 Å². The molecule has 3 radical (unpaired) electrons. The fourth-order valence-corrected chi connectivity index (χ4v) is 0. The van der Waals surface area contributed by atoms with Crippen LogP contribution >= 0.6 is 0 Å². The Morgan fingerprint density at radius 2 is 1.20 bits per heavy atom. The molecule has 0 rings (SSSR count). The predicted molar refractivity (Wildman–Crippen MR) is 15.7 cm³/mol. The summed E-state index contributed by atoms with van der Waals surface area (Å²) in [7, 11) is 5.44. The summed E-state index contributed by atoms with van der Waals surface area (Å²) in [5.74, 6) is 0. The summed E-state index contributed by atoms with van der Waals surface area (Å²) < 4.78 is 0. The molecule has 0 aromatic rings. The third kappa shape index (κ3) is 22.6. The average molecular weight is 253 g/mol. The molecule has 0 atom stereocenters. The number of hydrogen-bond acceptors (Lipinski definition) is 0. The van der Waals surface area contributed by atoms with Crippen LogP contribution in [0.25, 0.3) is 0 Å². The van der Waals surface area contributed by atoms with Crippen LogP contribution < -0.4 is 0 Å². The van der Waals surface area contributed by atoms with E-state index in [1.807, 2.05) is 0 Å². The molecule has 0 heterocycles. The van der Waals surface area contributed by atoms with E-state index in [0.29, 0.717) is 0 Å². The van der Waals surface area contributed by atoms with Gasteiger partial charge in [-0.1, -0.05) is 0 Å². The van der Waals surface area contributed by atoms with Crippen LogP contribution in [0.5, 0.6) is 0 Å². The van der Waals surface area contributed by atoms with Crippen LogP contribution in [0.15, 0.2) is 0 Å². The molecule has 0 aromatic heterocycles. The van der Waals surface area contributed by atoms with Gasteiger partial charge in [0, 0.05) is 67.8 Å². The maximum atomic E-state index is 4.64. The molecule has 0 aliphatic carbocycles. The van der Waals surface area contributed by atoms with Gasteiger partial charge in [-0.25, -0.2) is 0 Å². The SMILES string of the molecule is [B][SiH3].[Cu].[Fe].[Zr]. The molecule has 0 aromatic carbocycles. The molecule has 0 saturated carbocycles. The Balaban J connectivity index is -0.00000000167. The molecule has 0 aliphatic heterocycles. The zero-order chi connectivity index (χ0) is 2.00. The van der Waals surface area contributed by atoms with Gasteiger partial charge in [-0.3, -0.25) is 0 Å². The standard InChI is InChI=1S/BH3Si.Cu.Fe.Zr/c1-2;;;/h2H3;;;. The largest absolute Gasteiger partial charge is 0.0434 e. The molecule has 0 unspecified atom stereocenters. The molecule has 5 heteroatoms. The summed E-state index contributed by atoms with van der Waals surface area (Å²) in [4.78, 5) is 0. The van der Waals surface area contributed by atoms with Crippen molar-refractivity contribution in [2.24, 2.45) is 0 Å². The van der Waals surface area contributed by atoms with E-state index in [1.54, 1.807) is 0 Å². The van der Waals surface area contributed by atoms with Crippen LogP contribution in [-0.4, -0.2) is 17.6 Å². The topological polar surface area (TPSA) is 0 Å². The van der Waals surface area contributed by atoms with Gasteiger partial charge in [0.15, 0.2) is 0 Å². The Morgan fingerprint density at radius 1 is 1.20 bits per heavy atom. The fraction of sp³-hybridized carbons (Fsp3) is 0. The first-order valence-corrected chi connectivity index (χ1v) is 1.73. The summed E-state index contributed by atoms with van der Waals surface area (Å²) in [6.07, 6.45) is 0. The summed E-state index contributed by atoms with van der Waals surface area (Å²) in [6, 6.07) is 0. The second-order valence-electron chi connectivity index (χ2n) is 0. The van der Waals surface area contributed by atoms with Crippen molar-refractivity contribution in [2.75, 3.05) is 0 Å². The Kier molecular flexibility index (Phi) is 187. The van der Waals surface area contributed by atoms with Crippen molar-refractivity contribution >= 4 is 17.6 Å². The zero-order valence-electron chi connectivity index (χ0n) is 2.73. The van der Waals surface area contributed by atoms with E-state index in [-0.39, 0.29) is 60.3 Å². The fourth-order valence-electron chi connectivity index (χ4n) is 0. The van der Waals surface area contributed by atoms with E-state index in [1.165, 1.54) is 0 Å². The second kappa shape index (κ2) is 34.6. The monoisotopic (exact) mass is 251 g/mol. The van der Waals surface area contributed by atoms with Gasteiger partial charge in [0.05, 0.1) is 0 Å². The summed E-state index contributed by atoms with van der Waals surface area (Å²) in [5, 5.41) is 0. The van der Waals surface area contributed by atoms with E-state index in [9.17, 15) is 0 Å². The molecule has 0 N–H and O–H groups in total. The Bertz CT molecular complexity index is 11.6. The maximum absolute atomic E-state index is 4.64. The molecule has 5 heavy (non-hydrogen) atoms. The average Bonchev–Trinajstić information content (AvgIpc) is 1.00. The zero-order valence-corrected chi connectivity index (χ0v) is 9.24. The van der Waals surface area contributed by atoms with Gasteiger partial charge >= 0.3 is 0 Å². The van der Waals surface area contributed by atoms with Crippen molar-refractivity contribution in [2.45, 2.75) is 0 Å². The van der Waals surface area contributed by atoms with Gasteiger partial charge in [0.1, 0.15) is 0 Å². The summed E-state index contributed by atoms with van der Waals surface area (Å²) >= 11 is 0. The van der Waals surface area contributed by atoms with Gasteiger partial charge in [0.25, 0.3) is 0 Å². The van der Waals surface area contributed by atoms with E-state index < -0.39 is 0 Å². The van der Waals surface area contributed by atoms with E-state index in [2.05, 4.69) is 7.44 Å². The molecule has 33 valence electrons. The summed E-state index contributed by atoms with van der Waals surface area (Å²) in [6.45, 7) is 0. The quantitative estimate of drug-likeness (QED) is 0.457. The van der Waals surface area contributed by atoms with Crippen molar-refractivity contribution in [3.63, 3.8) is 0 Å². The van der Waals surface area contributed by atoms with Gasteiger partial charge in [-0.15, -0.1) is 0 Å². The number of rotatable bonds is 0. The molecule has 0 bridgehead atoms. The Hall–Kier alpha value is 2.20. The minimum absolute atomic E-state index is 0. The van der Waals surface area contributed by atoms with E-state index in [0.717, 1.165) is 10.1 Å². The van der Waals surface area contributed by atoms with E-state index in [4.69, 9.17) is 0 Å². The molecule has 0 spiro atoms. The van der Waals surface area contributed by atoms with Crippen LogP contribution in [0, 0.1) is 0 Å². The van der Waals surface area contributed by atoms with Crippen LogP contribution in [0.1, 0.15) is 0 Å². The molecule has 0 fully saturated rings. The Labute approximate surface area is 77.1 Å². The molecule has 0 aliphatic rings. The molecule has 0 nitrogen and oxygen atoms in total. The first-order valence-electron chi connectivity index (χ1n) is 0.577. The number of hydrogen-bond donors (Lipinski definition) is 0. The minimum atomic E-state index is 0. The maximum Gasteiger partial charge on any atom is 0.0434 e. The van der Waals surface area contributed by atoms with Gasteiger partial charge < -0.3 is 0 Å². The first kappa shape index (κ1) is 27.0. The van der Waals surface area contributed by atoms with Crippen molar-refractivity contribution in [1.29, 1.82) is 0 Å². The molecular formula is H3BCuFeSiZr. The normalized spacial score (nSPS) is 1.60. The molecule has 0 amide bonds. The Morgan fingerprint density at radius 3 is 1.20 bits per heavy atom. The summed E-state index contributed by atoms with van der Waals surface area (Å²) in [5.41, 5.74) is 0. The van der Waals surface area contributed by atoms with Gasteiger partial charge in [-0.2, -0.15) is 0 Å².